The van der Waals surface area contributed by atoms with Crippen LogP contribution in [0, 0.1) is 0 Å². The summed E-state index contributed by atoms with van der Waals surface area (Å²) in [5.41, 5.74) is 5.50. The van der Waals surface area contributed by atoms with Gasteiger partial charge in [0.2, 0.25) is 0 Å². The van der Waals surface area contributed by atoms with Gasteiger partial charge in [-0.3, -0.25) is 4.79 Å². The van der Waals surface area contributed by atoms with Gasteiger partial charge in [-0.15, -0.1) is 0 Å². The molecule has 1 aliphatic heterocycles. The van der Waals surface area contributed by atoms with Gasteiger partial charge in [-0.2, -0.15) is 5.10 Å². The number of nitrogens with zero attached hydrogens (tertiary/aromatic N) is 2. The van der Waals surface area contributed by atoms with Crippen molar-refractivity contribution in [1.29, 1.82) is 0 Å². The predicted molar refractivity (Wildman–Crippen MR) is 134 cm³/mol. The van der Waals surface area contributed by atoms with E-state index in [1.165, 1.54) is 5.56 Å². The Hall–Kier alpha value is -3.83. The molecule has 0 bridgehead atoms. The lowest BCUT2D eigenvalue weighted by Gasteiger charge is -2.26. The van der Waals surface area contributed by atoms with Crippen molar-refractivity contribution < 1.29 is 4.79 Å². The first-order valence-electron chi connectivity index (χ1n) is 10.9. The number of nitrogens with one attached hydrogen (secondary N) is 2. The Balaban J connectivity index is 1.55. The second-order valence-electron chi connectivity index (χ2n) is 7.92. The van der Waals surface area contributed by atoms with Crippen LogP contribution in [0.5, 0.6) is 0 Å². The standard InChI is InChI=1S/C27H23ClN4O/c1-2-18-8-10-19(11-9-18)24-16-25(20-12-14-21(28)15-13-20)32-26(31-24)23(17-29-32)27(33)30-22-6-4-3-5-7-22/h3-17,25,31H,2H2,1H3,(H,30,33)/t25-/m0/s1. The molecule has 2 N–H and O–H groups in total. The first-order valence-corrected chi connectivity index (χ1v) is 11.3. The average Bonchev–Trinajstić information content (AvgIpc) is 3.29. The summed E-state index contributed by atoms with van der Waals surface area (Å²) in [6.45, 7) is 2.14. The number of allylic oxidation sites excluding steroid dienone is 1. The van der Waals surface area contributed by atoms with Crippen LogP contribution in [0.25, 0.3) is 5.70 Å². The lowest BCUT2D eigenvalue weighted by atomic mass is 10.00. The van der Waals surface area contributed by atoms with Gasteiger partial charge in [0, 0.05) is 16.4 Å². The van der Waals surface area contributed by atoms with Crippen molar-refractivity contribution >= 4 is 34.7 Å². The molecule has 0 fully saturated rings. The molecule has 0 spiro atoms. The number of carbonyl (C=O) groups excluding carboxylic acids is 1. The number of benzene rings is 3. The summed E-state index contributed by atoms with van der Waals surface area (Å²) in [6, 6.07) is 25.4. The summed E-state index contributed by atoms with van der Waals surface area (Å²) in [5.74, 6) is 0.438. The lowest BCUT2D eigenvalue weighted by molar-refractivity contribution is 0.102. The molecule has 0 saturated carbocycles. The molecular formula is C27H23ClN4O. The molecule has 0 unspecified atom stereocenters. The van der Waals surface area contributed by atoms with Crippen molar-refractivity contribution in [3.63, 3.8) is 0 Å². The van der Waals surface area contributed by atoms with Crippen molar-refractivity contribution in [2.45, 2.75) is 19.4 Å². The summed E-state index contributed by atoms with van der Waals surface area (Å²) in [5, 5.41) is 11.7. The quantitative estimate of drug-likeness (QED) is 0.366. The molecule has 1 amide bonds. The van der Waals surface area contributed by atoms with Crippen molar-refractivity contribution in [3.05, 3.63) is 118 Å². The van der Waals surface area contributed by atoms with Crippen LogP contribution in [0.3, 0.4) is 0 Å². The van der Waals surface area contributed by atoms with E-state index in [1.807, 2.05) is 59.3 Å². The van der Waals surface area contributed by atoms with Crippen molar-refractivity contribution in [1.82, 2.24) is 9.78 Å². The van der Waals surface area contributed by atoms with E-state index in [0.29, 0.717) is 16.4 Å². The Kier molecular flexibility index (Phi) is 5.71. The lowest BCUT2D eigenvalue weighted by Crippen LogP contribution is -2.22. The average molecular weight is 455 g/mol. The number of hydrogen-bond acceptors (Lipinski definition) is 3. The molecule has 6 heteroatoms. The van der Waals surface area contributed by atoms with Gasteiger partial charge >= 0.3 is 0 Å². The molecule has 1 aliphatic rings. The van der Waals surface area contributed by atoms with Gasteiger partial charge in [0.05, 0.1) is 12.2 Å². The number of carbonyl (C=O) groups is 1. The van der Waals surface area contributed by atoms with Gasteiger partial charge in [0.15, 0.2) is 0 Å². The smallest absolute Gasteiger partial charge is 0.261 e. The summed E-state index contributed by atoms with van der Waals surface area (Å²) < 4.78 is 1.84. The molecule has 0 radical (unpaired) electrons. The van der Waals surface area contributed by atoms with Gasteiger partial charge in [-0.1, -0.05) is 73.1 Å². The Morgan fingerprint density at radius 2 is 1.76 bits per heavy atom. The maximum absolute atomic E-state index is 13.1. The highest BCUT2D eigenvalue weighted by atomic mass is 35.5. The van der Waals surface area contributed by atoms with E-state index in [1.54, 1.807) is 6.20 Å². The Labute approximate surface area is 197 Å². The van der Waals surface area contributed by atoms with Crippen LogP contribution in [0.4, 0.5) is 11.5 Å². The molecule has 33 heavy (non-hydrogen) atoms. The van der Waals surface area contributed by atoms with E-state index in [0.717, 1.165) is 28.9 Å². The number of fused-ring (bicyclic) bond motifs is 1. The number of rotatable bonds is 5. The fourth-order valence-corrected chi connectivity index (χ4v) is 4.09. The van der Waals surface area contributed by atoms with Crippen LogP contribution in [0.15, 0.2) is 91.1 Å². The number of hydrogen-bond donors (Lipinski definition) is 2. The van der Waals surface area contributed by atoms with Crippen LogP contribution in [-0.4, -0.2) is 15.7 Å². The molecule has 5 nitrogen and oxygen atoms in total. The Bertz CT molecular complexity index is 1310. The minimum atomic E-state index is -0.215. The maximum atomic E-state index is 13.1. The highest BCUT2D eigenvalue weighted by Crippen LogP contribution is 2.36. The van der Waals surface area contributed by atoms with Crippen LogP contribution in [0.1, 0.15) is 40.0 Å². The van der Waals surface area contributed by atoms with Crippen LogP contribution in [0.2, 0.25) is 5.02 Å². The molecule has 164 valence electrons. The number of amides is 1. The van der Waals surface area contributed by atoms with Gasteiger partial charge in [0.1, 0.15) is 11.4 Å². The number of aryl methyl sites for hydroxylation is 1. The minimum Gasteiger partial charge on any atom is -0.339 e. The molecule has 1 atom stereocenters. The number of anilines is 2. The molecular weight excluding hydrogens is 432 g/mol. The molecule has 5 rings (SSSR count). The minimum absolute atomic E-state index is 0.183. The van der Waals surface area contributed by atoms with Crippen LogP contribution in [-0.2, 0) is 6.42 Å². The number of halogens is 1. The highest BCUT2D eigenvalue weighted by molar-refractivity contribution is 6.30. The summed E-state index contributed by atoms with van der Waals surface area (Å²) >= 11 is 6.12. The maximum Gasteiger partial charge on any atom is 0.261 e. The summed E-state index contributed by atoms with van der Waals surface area (Å²) in [4.78, 5) is 13.1. The third kappa shape index (κ3) is 4.28. The van der Waals surface area contributed by atoms with E-state index in [9.17, 15) is 4.79 Å². The van der Waals surface area contributed by atoms with Gasteiger partial charge in [0.25, 0.3) is 5.91 Å². The van der Waals surface area contributed by atoms with E-state index in [-0.39, 0.29) is 11.9 Å². The van der Waals surface area contributed by atoms with E-state index >= 15 is 0 Å². The first-order chi connectivity index (χ1) is 16.1. The monoisotopic (exact) mass is 454 g/mol. The number of para-hydroxylation sites is 1. The van der Waals surface area contributed by atoms with Crippen molar-refractivity contribution in [2.24, 2.45) is 0 Å². The highest BCUT2D eigenvalue weighted by Gasteiger charge is 2.28. The van der Waals surface area contributed by atoms with E-state index in [2.05, 4.69) is 53.0 Å². The molecule has 2 heterocycles. The Morgan fingerprint density at radius 3 is 2.45 bits per heavy atom. The second kappa shape index (κ2) is 8.96. The zero-order valence-corrected chi connectivity index (χ0v) is 18.9. The summed E-state index contributed by atoms with van der Waals surface area (Å²) in [7, 11) is 0. The second-order valence-corrected chi connectivity index (χ2v) is 8.36. The Morgan fingerprint density at radius 1 is 1.03 bits per heavy atom. The summed E-state index contributed by atoms with van der Waals surface area (Å²) in [6.07, 6.45) is 4.72. The van der Waals surface area contributed by atoms with Gasteiger partial charge in [-0.25, -0.2) is 4.68 Å². The number of aromatic nitrogens is 2. The van der Waals surface area contributed by atoms with Crippen molar-refractivity contribution in [3.8, 4) is 0 Å². The first kappa shape index (κ1) is 21.0. The zero-order valence-electron chi connectivity index (χ0n) is 18.1. The normalized spacial score (nSPS) is 14.7. The molecule has 3 aromatic carbocycles. The van der Waals surface area contributed by atoms with Crippen LogP contribution < -0.4 is 10.6 Å². The third-order valence-electron chi connectivity index (χ3n) is 5.80. The predicted octanol–water partition coefficient (Wildman–Crippen LogP) is 6.41. The molecule has 1 aromatic heterocycles. The molecule has 4 aromatic rings. The zero-order chi connectivity index (χ0) is 22.8. The van der Waals surface area contributed by atoms with E-state index in [4.69, 9.17) is 11.6 Å². The molecule has 0 aliphatic carbocycles. The third-order valence-corrected chi connectivity index (χ3v) is 6.05. The molecule has 0 saturated heterocycles. The van der Waals surface area contributed by atoms with Crippen LogP contribution >= 0.6 is 11.6 Å². The SMILES string of the molecule is CCc1ccc(C2=C[C@@H](c3ccc(Cl)cc3)n3ncc(C(=O)Nc4ccccc4)c3N2)cc1. The van der Waals surface area contributed by atoms with Gasteiger partial charge in [-0.05, 0) is 53.5 Å². The van der Waals surface area contributed by atoms with Gasteiger partial charge < -0.3 is 10.6 Å². The fraction of sp³-hybridized carbons (Fsp3) is 0.111. The topological polar surface area (TPSA) is 59.0 Å². The van der Waals surface area contributed by atoms with E-state index < -0.39 is 0 Å². The van der Waals surface area contributed by atoms with Crippen molar-refractivity contribution in [2.75, 3.05) is 10.6 Å². The fourth-order valence-electron chi connectivity index (χ4n) is 3.97. The largest absolute Gasteiger partial charge is 0.339 e.